The molecule has 0 aliphatic rings. The number of hydrogen-bond acceptors (Lipinski definition) is 3. The van der Waals surface area contributed by atoms with Crippen LogP contribution in [0.2, 0.25) is 5.15 Å². The minimum absolute atomic E-state index is 0.188. The zero-order chi connectivity index (χ0) is 17.1. The molecule has 0 saturated carbocycles. The van der Waals surface area contributed by atoms with E-state index in [-0.39, 0.29) is 12.3 Å². The first-order chi connectivity index (χ1) is 11.5. The standard InChI is InChI=1S/C17H15ClN4O2/c18-16-13-6-1-2-7-14(13)22(21-16)9-8-15(23)20-12-5-3-4-11(10-12)17(19)24/h1-7,10H,8-9H2,(H2,19,24)(H,20,23). The molecule has 0 radical (unpaired) electrons. The van der Waals surface area contributed by atoms with Crippen molar-refractivity contribution in [2.45, 2.75) is 13.0 Å². The zero-order valence-corrected chi connectivity index (χ0v) is 13.5. The van der Waals surface area contributed by atoms with E-state index in [2.05, 4.69) is 10.4 Å². The highest BCUT2D eigenvalue weighted by Crippen LogP contribution is 2.22. The highest BCUT2D eigenvalue weighted by atomic mass is 35.5. The van der Waals surface area contributed by atoms with Crippen LogP contribution in [0, 0.1) is 0 Å². The number of carbonyl (C=O) groups excluding carboxylic acids is 2. The van der Waals surface area contributed by atoms with E-state index in [1.807, 2.05) is 24.3 Å². The molecule has 0 aliphatic carbocycles. The fourth-order valence-corrected chi connectivity index (χ4v) is 2.69. The van der Waals surface area contributed by atoms with Crippen LogP contribution < -0.4 is 11.1 Å². The molecule has 122 valence electrons. The maximum Gasteiger partial charge on any atom is 0.248 e. The molecular weight excluding hydrogens is 328 g/mol. The van der Waals surface area contributed by atoms with Gasteiger partial charge in [-0.2, -0.15) is 5.10 Å². The lowest BCUT2D eigenvalue weighted by molar-refractivity contribution is -0.116. The van der Waals surface area contributed by atoms with Gasteiger partial charge in [0, 0.05) is 23.1 Å². The van der Waals surface area contributed by atoms with Crippen molar-refractivity contribution in [3.05, 3.63) is 59.2 Å². The minimum atomic E-state index is -0.538. The second-order valence-electron chi connectivity index (χ2n) is 5.27. The van der Waals surface area contributed by atoms with Gasteiger partial charge in [-0.15, -0.1) is 0 Å². The Labute approximate surface area is 143 Å². The fraction of sp³-hybridized carbons (Fsp3) is 0.118. The summed E-state index contributed by atoms with van der Waals surface area (Å²) in [5, 5.41) is 8.26. The Morgan fingerprint density at radius 3 is 2.75 bits per heavy atom. The lowest BCUT2D eigenvalue weighted by Gasteiger charge is -2.07. The highest BCUT2D eigenvalue weighted by Gasteiger charge is 2.10. The predicted molar refractivity (Wildman–Crippen MR) is 92.9 cm³/mol. The van der Waals surface area contributed by atoms with Crippen LogP contribution in [0.3, 0.4) is 0 Å². The number of para-hydroxylation sites is 1. The molecule has 0 unspecified atom stereocenters. The number of rotatable bonds is 5. The number of benzene rings is 2. The van der Waals surface area contributed by atoms with Crippen LogP contribution in [0.1, 0.15) is 16.8 Å². The number of primary amides is 1. The lowest BCUT2D eigenvalue weighted by atomic mass is 10.2. The van der Waals surface area contributed by atoms with Gasteiger partial charge >= 0.3 is 0 Å². The normalized spacial score (nSPS) is 10.7. The molecule has 3 rings (SSSR count). The summed E-state index contributed by atoms with van der Waals surface area (Å²) in [5.41, 5.74) is 6.98. The molecule has 3 N–H and O–H groups in total. The Kier molecular flexibility index (Phi) is 4.48. The largest absolute Gasteiger partial charge is 0.366 e. The lowest BCUT2D eigenvalue weighted by Crippen LogP contribution is -2.16. The van der Waals surface area contributed by atoms with E-state index in [1.54, 1.807) is 28.9 Å². The third-order valence-electron chi connectivity index (χ3n) is 3.59. The Hall–Kier alpha value is -2.86. The van der Waals surface area contributed by atoms with Gasteiger partial charge in [0.15, 0.2) is 5.15 Å². The molecular formula is C17H15ClN4O2. The second-order valence-corrected chi connectivity index (χ2v) is 5.63. The minimum Gasteiger partial charge on any atom is -0.366 e. The van der Waals surface area contributed by atoms with E-state index >= 15 is 0 Å². The van der Waals surface area contributed by atoms with Crippen LogP contribution in [0.4, 0.5) is 5.69 Å². The number of nitrogens with one attached hydrogen (secondary N) is 1. The van der Waals surface area contributed by atoms with E-state index < -0.39 is 5.91 Å². The number of nitrogens with two attached hydrogens (primary N) is 1. The van der Waals surface area contributed by atoms with E-state index in [4.69, 9.17) is 17.3 Å². The van der Waals surface area contributed by atoms with Crippen LogP contribution in [0.15, 0.2) is 48.5 Å². The number of aryl methyl sites for hydroxylation is 1. The van der Waals surface area contributed by atoms with E-state index in [9.17, 15) is 9.59 Å². The molecule has 3 aromatic rings. The van der Waals surface area contributed by atoms with Crippen LogP contribution in [0.25, 0.3) is 10.9 Å². The molecule has 1 aromatic heterocycles. The van der Waals surface area contributed by atoms with Gasteiger partial charge in [0.25, 0.3) is 0 Å². The number of amides is 2. The highest BCUT2D eigenvalue weighted by molar-refractivity contribution is 6.34. The SMILES string of the molecule is NC(=O)c1cccc(NC(=O)CCn2nc(Cl)c3ccccc32)c1. The van der Waals surface area contributed by atoms with Gasteiger partial charge in [0.05, 0.1) is 12.1 Å². The molecule has 1 heterocycles. The molecule has 0 aliphatic heterocycles. The molecule has 2 amide bonds. The maximum absolute atomic E-state index is 12.1. The van der Waals surface area contributed by atoms with Crippen molar-refractivity contribution in [2.75, 3.05) is 5.32 Å². The molecule has 24 heavy (non-hydrogen) atoms. The maximum atomic E-state index is 12.1. The number of nitrogens with zero attached hydrogens (tertiary/aromatic N) is 2. The van der Waals surface area contributed by atoms with Crippen molar-refractivity contribution in [3.8, 4) is 0 Å². The molecule has 7 heteroatoms. The Bertz CT molecular complexity index is 920. The number of aromatic nitrogens is 2. The molecule has 0 bridgehead atoms. The first-order valence-corrected chi connectivity index (χ1v) is 7.73. The molecule has 0 spiro atoms. The van der Waals surface area contributed by atoms with Gasteiger partial charge in [-0.05, 0) is 30.3 Å². The number of halogens is 1. The molecule has 0 atom stereocenters. The van der Waals surface area contributed by atoms with Gasteiger partial charge < -0.3 is 11.1 Å². The Morgan fingerprint density at radius 2 is 1.96 bits per heavy atom. The molecule has 6 nitrogen and oxygen atoms in total. The van der Waals surface area contributed by atoms with Gasteiger partial charge in [-0.3, -0.25) is 14.3 Å². The van der Waals surface area contributed by atoms with E-state index in [1.165, 1.54) is 0 Å². The summed E-state index contributed by atoms with van der Waals surface area (Å²) in [6, 6.07) is 14.1. The summed E-state index contributed by atoms with van der Waals surface area (Å²) in [7, 11) is 0. The third kappa shape index (κ3) is 3.38. The fourth-order valence-electron chi connectivity index (χ4n) is 2.44. The summed E-state index contributed by atoms with van der Waals surface area (Å²) in [4.78, 5) is 23.3. The summed E-state index contributed by atoms with van der Waals surface area (Å²) < 4.78 is 1.71. The van der Waals surface area contributed by atoms with Crippen LogP contribution in [-0.2, 0) is 11.3 Å². The van der Waals surface area contributed by atoms with Gasteiger partial charge in [0.1, 0.15) is 0 Å². The van der Waals surface area contributed by atoms with Gasteiger partial charge in [0.2, 0.25) is 11.8 Å². The van der Waals surface area contributed by atoms with Crippen molar-refractivity contribution < 1.29 is 9.59 Å². The topological polar surface area (TPSA) is 90.0 Å². The number of carbonyl (C=O) groups is 2. The summed E-state index contributed by atoms with van der Waals surface area (Å²) in [5.74, 6) is -0.726. The van der Waals surface area contributed by atoms with Gasteiger partial charge in [-0.25, -0.2) is 0 Å². The van der Waals surface area contributed by atoms with Crippen molar-refractivity contribution in [1.82, 2.24) is 9.78 Å². The van der Waals surface area contributed by atoms with E-state index in [0.29, 0.717) is 22.9 Å². The van der Waals surface area contributed by atoms with Crippen molar-refractivity contribution >= 4 is 40.0 Å². The van der Waals surface area contributed by atoms with Crippen LogP contribution in [-0.4, -0.2) is 21.6 Å². The first kappa shape index (κ1) is 16.0. The number of hydrogen-bond donors (Lipinski definition) is 2. The average molecular weight is 343 g/mol. The average Bonchev–Trinajstić information content (AvgIpc) is 2.90. The van der Waals surface area contributed by atoms with Gasteiger partial charge in [-0.1, -0.05) is 29.8 Å². The first-order valence-electron chi connectivity index (χ1n) is 7.35. The second kappa shape index (κ2) is 6.72. The zero-order valence-electron chi connectivity index (χ0n) is 12.7. The van der Waals surface area contributed by atoms with E-state index in [0.717, 1.165) is 10.9 Å². The summed E-state index contributed by atoms with van der Waals surface area (Å²) >= 11 is 6.09. The summed E-state index contributed by atoms with van der Waals surface area (Å²) in [6.45, 7) is 0.397. The third-order valence-corrected chi connectivity index (χ3v) is 3.87. The van der Waals surface area contributed by atoms with Crippen molar-refractivity contribution in [2.24, 2.45) is 5.73 Å². The molecule has 2 aromatic carbocycles. The van der Waals surface area contributed by atoms with Crippen LogP contribution >= 0.6 is 11.6 Å². The van der Waals surface area contributed by atoms with Crippen LogP contribution in [0.5, 0.6) is 0 Å². The predicted octanol–water partition coefficient (Wildman–Crippen LogP) is 2.82. The smallest absolute Gasteiger partial charge is 0.248 e. The van der Waals surface area contributed by atoms with Crippen molar-refractivity contribution in [1.29, 1.82) is 0 Å². The van der Waals surface area contributed by atoms with Crippen molar-refractivity contribution in [3.63, 3.8) is 0 Å². The summed E-state index contributed by atoms with van der Waals surface area (Å²) in [6.07, 6.45) is 0.225. The number of anilines is 1. The molecule has 0 saturated heterocycles. The Morgan fingerprint density at radius 1 is 1.17 bits per heavy atom. The quantitative estimate of drug-likeness (QED) is 0.747. The number of fused-ring (bicyclic) bond motifs is 1. The monoisotopic (exact) mass is 342 g/mol. The Balaban J connectivity index is 1.67. The molecule has 0 fully saturated rings.